The van der Waals surface area contributed by atoms with Crippen LogP contribution in [0.5, 0.6) is 11.5 Å². The summed E-state index contributed by atoms with van der Waals surface area (Å²) in [6.45, 7) is 1.77. The molecular weight excluding hydrogens is 500 g/mol. The largest absolute Gasteiger partial charge is 0.493 e. The van der Waals surface area contributed by atoms with E-state index < -0.39 is 17.1 Å². The number of hydrogen-bond donors (Lipinski definition) is 1. The molecule has 0 bridgehead atoms. The average molecular weight is 523 g/mol. The van der Waals surface area contributed by atoms with Crippen LogP contribution in [0.2, 0.25) is 5.02 Å². The van der Waals surface area contributed by atoms with E-state index >= 15 is 0 Å². The summed E-state index contributed by atoms with van der Waals surface area (Å²) >= 11 is 6.73. The molecule has 3 aromatic carbocycles. The van der Waals surface area contributed by atoms with Crippen molar-refractivity contribution in [3.63, 3.8) is 0 Å². The number of aryl methyl sites for hydroxylation is 1. The Morgan fingerprint density at radius 3 is 2.56 bits per heavy atom. The number of nitrogens with zero attached hydrogens (tertiary/aromatic N) is 1. The molecule has 1 heterocycles. The zero-order valence-electron chi connectivity index (χ0n) is 19.6. The van der Waals surface area contributed by atoms with Crippen molar-refractivity contribution in [2.75, 3.05) is 19.0 Å². The predicted octanol–water partition coefficient (Wildman–Crippen LogP) is 5.91. The summed E-state index contributed by atoms with van der Waals surface area (Å²) in [4.78, 5) is 39.1. The SMILES string of the molecule is COc1cccc(/C=C2/SC(=O)N(CC(=O)Nc3cccc(C)c3)C2=O)c1OCc1ccc(Cl)cc1. The number of amides is 3. The molecule has 1 aliphatic rings. The summed E-state index contributed by atoms with van der Waals surface area (Å²) < 4.78 is 11.5. The second-order valence-electron chi connectivity index (χ2n) is 7.98. The van der Waals surface area contributed by atoms with Crippen LogP contribution in [-0.4, -0.2) is 35.6 Å². The van der Waals surface area contributed by atoms with Crippen LogP contribution < -0.4 is 14.8 Å². The lowest BCUT2D eigenvalue weighted by molar-refractivity contribution is -0.127. The Bertz CT molecular complexity index is 1340. The topological polar surface area (TPSA) is 84.9 Å². The highest BCUT2D eigenvalue weighted by Gasteiger charge is 2.36. The maximum Gasteiger partial charge on any atom is 0.294 e. The lowest BCUT2D eigenvalue weighted by atomic mass is 10.1. The van der Waals surface area contributed by atoms with Gasteiger partial charge in [-0.25, -0.2) is 0 Å². The first kappa shape index (κ1) is 25.3. The molecule has 0 radical (unpaired) electrons. The van der Waals surface area contributed by atoms with Crippen LogP contribution in [0.25, 0.3) is 6.08 Å². The molecule has 0 saturated carbocycles. The lowest BCUT2D eigenvalue weighted by Crippen LogP contribution is -2.36. The minimum absolute atomic E-state index is 0.188. The van der Waals surface area contributed by atoms with Crippen LogP contribution in [0, 0.1) is 6.92 Å². The van der Waals surface area contributed by atoms with Gasteiger partial charge < -0.3 is 14.8 Å². The van der Waals surface area contributed by atoms with Crippen molar-refractivity contribution < 1.29 is 23.9 Å². The van der Waals surface area contributed by atoms with Crippen molar-refractivity contribution in [1.29, 1.82) is 0 Å². The monoisotopic (exact) mass is 522 g/mol. The van der Waals surface area contributed by atoms with Gasteiger partial charge in [-0.3, -0.25) is 19.3 Å². The second kappa shape index (κ2) is 11.3. The minimum Gasteiger partial charge on any atom is -0.493 e. The normalized spacial score (nSPS) is 14.3. The molecule has 184 valence electrons. The van der Waals surface area contributed by atoms with Crippen LogP contribution in [-0.2, 0) is 16.2 Å². The Morgan fingerprint density at radius 2 is 1.83 bits per heavy atom. The van der Waals surface area contributed by atoms with Crippen molar-refractivity contribution in [3.8, 4) is 11.5 Å². The number of rotatable bonds is 8. The van der Waals surface area contributed by atoms with Crippen molar-refractivity contribution in [2.45, 2.75) is 13.5 Å². The van der Waals surface area contributed by atoms with Crippen molar-refractivity contribution in [2.24, 2.45) is 0 Å². The van der Waals surface area contributed by atoms with E-state index in [1.54, 1.807) is 48.5 Å². The van der Waals surface area contributed by atoms with E-state index in [1.807, 2.05) is 31.2 Å². The fraction of sp³-hybridized carbons (Fsp3) is 0.148. The van der Waals surface area contributed by atoms with Crippen LogP contribution >= 0.6 is 23.4 Å². The number of ether oxygens (including phenoxy) is 2. The maximum atomic E-state index is 13.0. The first-order valence-corrected chi connectivity index (χ1v) is 12.2. The van der Waals surface area contributed by atoms with Gasteiger partial charge in [0.25, 0.3) is 11.1 Å². The van der Waals surface area contributed by atoms with Gasteiger partial charge in [-0.1, -0.05) is 48.0 Å². The third-order valence-corrected chi connectivity index (χ3v) is 6.45. The number of hydrogen-bond acceptors (Lipinski definition) is 6. The van der Waals surface area contributed by atoms with Crippen LogP contribution in [0.3, 0.4) is 0 Å². The van der Waals surface area contributed by atoms with Crippen molar-refractivity contribution >= 4 is 52.2 Å². The second-order valence-corrected chi connectivity index (χ2v) is 9.41. The van der Waals surface area contributed by atoms with Gasteiger partial charge in [0, 0.05) is 16.3 Å². The Morgan fingerprint density at radius 1 is 1.08 bits per heavy atom. The highest BCUT2D eigenvalue weighted by molar-refractivity contribution is 8.18. The first-order chi connectivity index (χ1) is 17.3. The van der Waals surface area contributed by atoms with E-state index in [1.165, 1.54) is 7.11 Å². The van der Waals surface area contributed by atoms with Crippen LogP contribution in [0.4, 0.5) is 10.5 Å². The number of imide groups is 1. The molecule has 3 amide bonds. The molecule has 0 spiro atoms. The number of carbonyl (C=O) groups excluding carboxylic acids is 3. The van der Waals surface area contributed by atoms with E-state index in [2.05, 4.69) is 5.32 Å². The molecule has 0 aromatic heterocycles. The zero-order valence-corrected chi connectivity index (χ0v) is 21.2. The number of halogens is 1. The molecule has 0 atom stereocenters. The Kier molecular flexibility index (Phi) is 7.97. The maximum absolute atomic E-state index is 13.0. The van der Waals surface area contributed by atoms with Gasteiger partial charge in [-0.05, 0) is 66.2 Å². The molecule has 1 saturated heterocycles. The number of nitrogens with one attached hydrogen (secondary N) is 1. The molecule has 9 heteroatoms. The first-order valence-electron chi connectivity index (χ1n) is 11.0. The number of methoxy groups -OCH3 is 1. The fourth-order valence-corrected chi connectivity index (χ4v) is 4.50. The summed E-state index contributed by atoms with van der Waals surface area (Å²) in [5.41, 5.74) is 3.05. The summed E-state index contributed by atoms with van der Waals surface area (Å²) in [5.74, 6) is -0.0956. The summed E-state index contributed by atoms with van der Waals surface area (Å²) in [5, 5.41) is 2.83. The van der Waals surface area contributed by atoms with E-state index in [9.17, 15) is 14.4 Å². The Balaban J connectivity index is 1.51. The number of anilines is 1. The van der Waals surface area contributed by atoms with Crippen molar-refractivity contribution in [3.05, 3.63) is 93.3 Å². The molecule has 36 heavy (non-hydrogen) atoms. The molecular formula is C27H23ClN2O5S. The Hall–Kier alpha value is -3.75. The third-order valence-electron chi connectivity index (χ3n) is 5.29. The van der Waals surface area contributed by atoms with E-state index in [-0.39, 0.29) is 18.1 Å². The quantitative estimate of drug-likeness (QED) is 0.370. The van der Waals surface area contributed by atoms with Crippen LogP contribution in [0.1, 0.15) is 16.7 Å². The fourth-order valence-electron chi connectivity index (χ4n) is 3.54. The Labute approximate surface area is 218 Å². The molecule has 1 N–H and O–H groups in total. The number of benzene rings is 3. The third kappa shape index (κ3) is 6.08. The summed E-state index contributed by atoms with van der Waals surface area (Å²) in [7, 11) is 1.52. The minimum atomic E-state index is -0.545. The summed E-state index contributed by atoms with van der Waals surface area (Å²) in [6.07, 6.45) is 1.57. The molecule has 1 fully saturated rings. The highest BCUT2D eigenvalue weighted by Crippen LogP contribution is 2.37. The smallest absolute Gasteiger partial charge is 0.294 e. The van der Waals surface area contributed by atoms with Gasteiger partial charge in [-0.2, -0.15) is 0 Å². The molecule has 3 aromatic rings. The number of carbonyl (C=O) groups is 3. The van der Waals surface area contributed by atoms with Gasteiger partial charge in [-0.15, -0.1) is 0 Å². The highest BCUT2D eigenvalue weighted by atomic mass is 35.5. The van der Waals surface area contributed by atoms with Gasteiger partial charge in [0.15, 0.2) is 11.5 Å². The van der Waals surface area contributed by atoms with E-state index in [4.69, 9.17) is 21.1 Å². The number of para-hydroxylation sites is 1. The summed E-state index contributed by atoms with van der Waals surface area (Å²) in [6, 6.07) is 19.8. The van der Waals surface area contributed by atoms with Crippen LogP contribution in [0.15, 0.2) is 71.6 Å². The predicted molar refractivity (Wildman–Crippen MR) is 141 cm³/mol. The van der Waals surface area contributed by atoms with Gasteiger partial charge in [0.1, 0.15) is 13.2 Å². The van der Waals surface area contributed by atoms with Gasteiger partial charge in [0.2, 0.25) is 5.91 Å². The average Bonchev–Trinajstić information content (AvgIpc) is 3.11. The zero-order chi connectivity index (χ0) is 25.7. The standard InChI is InChI=1S/C27H23ClN2O5S/c1-17-5-3-7-21(13-17)29-24(31)15-30-26(32)23(36-27(30)33)14-19-6-4-8-22(34-2)25(19)35-16-18-9-11-20(28)12-10-18/h3-14H,15-16H2,1-2H3,(H,29,31)/b23-14+. The van der Waals surface area contributed by atoms with Gasteiger partial charge >= 0.3 is 0 Å². The van der Waals surface area contributed by atoms with Gasteiger partial charge in [0.05, 0.1) is 12.0 Å². The molecule has 1 aliphatic heterocycles. The lowest BCUT2D eigenvalue weighted by Gasteiger charge is -2.14. The number of thioether (sulfide) groups is 1. The molecule has 0 unspecified atom stereocenters. The molecule has 0 aliphatic carbocycles. The van der Waals surface area contributed by atoms with Crippen molar-refractivity contribution in [1.82, 2.24) is 4.90 Å². The van der Waals surface area contributed by atoms with E-state index in [0.717, 1.165) is 27.8 Å². The molecule has 4 rings (SSSR count). The molecule has 7 nitrogen and oxygen atoms in total. The van der Waals surface area contributed by atoms with E-state index in [0.29, 0.717) is 27.8 Å².